The van der Waals surface area contributed by atoms with Crippen molar-refractivity contribution in [3.63, 3.8) is 0 Å². The minimum Gasteiger partial charge on any atom is -0.128 e. The standard InChI is InChI=1S/C33H42Br2S/c1-3-5-7-9-11-13-21-33(22-14-12-10-8-6-4-2)29-23-25(31-19-20-32(35)36-31)15-17-27(29)28-18-16-26(34)24-30(28)33/h15-20,23-24H,3-14,21-22H2,1-2H3. The van der Waals surface area contributed by atoms with Crippen LogP contribution in [0.3, 0.4) is 0 Å². The summed E-state index contributed by atoms with van der Waals surface area (Å²) in [5.41, 5.74) is 7.58. The summed E-state index contributed by atoms with van der Waals surface area (Å²) in [6, 6.07) is 18.8. The molecule has 194 valence electrons. The van der Waals surface area contributed by atoms with Crippen LogP contribution >= 0.6 is 43.2 Å². The number of thiophene rings is 1. The Morgan fingerprint density at radius 3 is 1.75 bits per heavy atom. The Morgan fingerprint density at radius 1 is 0.611 bits per heavy atom. The molecule has 0 spiro atoms. The van der Waals surface area contributed by atoms with E-state index in [-0.39, 0.29) is 5.41 Å². The van der Waals surface area contributed by atoms with Crippen LogP contribution in [0.25, 0.3) is 21.6 Å². The van der Waals surface area contributed by atoms with Crippen LogP contribution in [-0.4, -0.2) is 0 Å². The Bertz CT molecular complexity index is 1100. The predicted molar refractivity (Wildman–Crippen MR) is 167 cm³/mol. The van der Waals surface area contributed by atoms with Gasteiger partial charge in [-0.2, -0.15) is 0 Å². The monoisotopic (exact) mass is 628 g/mol. The predicted octanol–water partition coefficient (Wildman–Crippen LogP) is 12.7. The largest absolute Gasteiger partial charge is 0.128 e. The Morgan fingerprint density at radius 2 is 1.17 bits per heavy atom. The number of halogens is 2. The van der Waals surface area contributed by atoms with Crippen molar-refractivity contribution in [1.29, 1.82) is 0 Å². The molecule has 0 unspecified atom stereocenters. The average Bonchev–Trinajstić information content (AvgIpc) is 3.43. The van der Waals surface area contributed by atoms with Crippen molar-refractivity contribution >= 4 is 43.2 Å². The number of rotatable bonds is 15. The maximum absolute atomic E-state index is 3.83. The molecule has 1 aromatic heterocycles. The molecular formula is C33H42Br2S. The van der Waals surface area contributed by atoms with Crippen molar-refractivity contribution in [2.24, 2.45) is 0 Å². The van der Waals surface area contributed by atoms with Crippen LogP contribution in [0.2, 0.25) is 0 Å². The molecule has 1 heterocycles. The lowest BCUT2D eigenvalue weighted by molar-refractivity contribution is 0.398. The van der Waals surface area contributed by atoms with Crippen LogP contribution in [-0.2, 0) is 5.41 Å². The van der Waals surface area contributed by atoms with E-state index >= 15 is 0 Å². The molecule has 0 bridgehead atoms. The van der Waals surface area contributed by atoms with E-state index in [0.717, 1.165) is 0 Å². The molecule has 0 amide bonds. The highest BCUT2D eigenvalue weighted by Crippen LogP contribution is 2.55. The van der Waals surface area contributed by atoms with Crippen molar-refractivity contribution in [3.05, 3.63) is 67.9 Å². The van der Waals surface area contributed by atoms with Crippen LogP contribution in [0, 0.1) is 0 Å². The fourth-order valence-corrected chi connectivity index (χ4v) is 7.91. The molecule has 0 nitrogen and oxygen atoms in total. The summed E-state index contributed by atoms with van der Waals surface area (Å²) >= 11 is 9.35. The van der Waals surface area contributed by atoms with Gasteiger partial charge in [0.05, 0.1) is 3.79 Å². The first-order valence-corrected chi connectivity index (χ1v) is 16.7. The Kier molecular flexibility index (Phi) is 10.7. The van der Waals surface area contributed by atoms with Gasteiger partial charge in [-0.05, 0) is 86.9 Å². The van der Waals surface area contributed by atoms with Gasteiger partial charge in [0.2, 0.25) is 0 Å². The molecule has 0 fully saturated rings. The lowest BCUT2D eigenvalue weighted by Crippen LogP contribution is -2.25. The molecule has 0 N–H and O–H groups in total. The second-order valence-electron chi connectivity index (χ2n) is 10.7. The highest BCUT2D eigenvalue weighted by molar-refractivity contribution is 9.11. The molecule has 2 aromatic carbocycles. The summed E-state index contributed by atoms with van der Waals surface area (Å²) < 4.78 is 2.42. The quantitative estimate of drug-likeness (QED) is 0.147. The first-order chi connectivity index (χ1) is 17.6. The van der Waals surface area contributed by atoms with Crippen LogP contribution in [0.1, 0.15) is 115 Å². The smallest absolute Gasteiger partial charge is 0.0705 e. The van der Waals surface area contributed by atoms with Gasteiger partial charge >= 0.3 is 0 Å². The fraction of sp³-hybridized carbons (Fsp3) is 0.515. The summed E-state index contributed by atoms with van der Waals surface area (Å²) in [6.45, 7) is 4.62. The minimum absolute atomic E-state index is 0.133. The van der Waals surface area contributed by atoms with E-state index in [1.807, 2.05) is 11.3 Å². The minimum atomic E-state index is 0.133. The molecule has 0 atom stereocenters. The van der Waals surface area contributed by atoms with Crippen molar-refractivity contribution < 1.29 is 0 Å². The van der Waals surface area contributed by atoms with Gasteiger partial charge in [-0.3, -0.25) is 0 Å². The fourth-order valence-electron chi connectivity index (χ4n) is 6.17. The van der Waals surface area contributed by atoms with E-state index in [1.54, 1.807) is 11.1 Å². The molecule has 0 saturated heterocycles. The van der Waals surface area contributed by atoms with Gasteiger partial charge in [-0.15, -0.1) is 11.3 Å². The summed E-state index contributed by atoms with van der Waals surface area (Å²) in [6.07, 6.45) is 18.8. The molecule has 3 aromatic rings. The van der Waals surface area contributed by atoms with Gasteiger partial charge in [0.15, 0.2) is 0 Å². The topological polar surface area (TPSA) is 0 Å². The Labute approximate surface area is 240 Å². The van der Waals surface area contributed by atoms with E-state index in [4.69, 9.17) is 0 Å². The number of unbranched alkanes of at least 4 members (excludes halogenated alkanes) is 10. The van der Waals surface area contributed by atoms with Crippen LogP contribution in [0.5, 0.6) is 0 Å². The lowest BCUT2D eigenvalue weighted by atomic mass is 9.70. The van der Waals surface area contributed by atoms with Gasteiger partial charge < -0.3 is 0 Å². The molecule has 1 aliphatic rings. The zero-order valence-corrected chi connectivity index (χ0v) is 26.2. The van der Waals surface area contributed by atoms with Crippen LogP contribution < -0.4 is 0 Å². The lowest BCUT2D eigenvalue weighted by Gasteiger charge is -2.33. The second-order valence-corrected chi connectivity index (χ2v) is 14.1. The number of hydrogen-bond donors (Lipinski definition) is 0. The molecule has 0 aliphatic heterocycles. The molecular weight excluding hydrogens is 588 g/mol. The Balaban J connectivity index is 1.68. The summed E-state index contributed by atoms with van der Waals surface area (Å²) in [4.78, 5) is 1.36. The maximum atomic E-state index is 3.83. The molecule has 0 saturated carbocycles. The maximum Gasteiger partial charge on any atom is 0.0705 e. The Hall–Kier alpha value is -0.900. The first-order valence-electron chi connectivity index (χ1n) is 14.3. The third-order valence-electron chi connectivity index (χ3n) is 8.09. The third kappa shape index (κ3) is 6.56. The number of fused-ring (bicyclic) bond motifs is 3. The zero-order valence-electron chi connectivity index (χ0n) is 22.2. The van der Waals surface area contributed by atoms with E-state index in [0.29, 0.717) is 0 Å². The molecule has 4 rings (SSSR count). The van der Waals surface area contributed by atoms with Gasteiger partial charge in [0, 0.05) is 14.8 Å². The molecule has 3 heteroatoms. The van der Waals surface area contributed by atoms with Gasteiger partial charge in [-0.1, -0.05) is 125 Å². The van der Waals surface area contributed by atoms with Crippen LogP contribution in [0.15, 0.2) is 56.8 Å². The second kappa shape index (κ2) is 13.8. The summed E-state index contributed by atoms with van der Waals surface area (Å²) in [5, 5.41) is 0. The molecule has 36 heavy (non-hydrogen) atoms. The normalized spacial score (nSPS) is 13.7. The van der Waals surface area contributed by atoms with Gasteiger partial charge in [0.25, 0.3) is 0 Å². The number of hydrogen-bond acceptors (Lipinski definition) is 1. The first kappa shape index (κ1) is 28.1. The SMILES string of the molecule is CCCCCCCCC1(CCCCCCCC)c2cc(Br)ccc2-c2ccc(-c3ccc(Br)s3)cc21. The average molecular weight is 631 g/mol. The van der Waals surface area contributed by atoms with Crippen molar-refractivity contribution in [3.8, 4) is 21.6 Å². The zero-order chi connectivity index (χ0) is 25.4. The van der Waals surface area contributed by atoms with Crippen molar-refractivity contribution in [2.45, 2.75) is 109 Å². The van der Waals surface area contributed by atoms with E-state index in [9.17, 15) is 0 Å². The van der Waals surface area contributed by atoms with Gasteiger partial charge in [0.1, 0.15) is 0 Å². The van der Waals surface area contributed by atoms with E-state index < -0.39 is 0 Å². The molecule has 0 radical (unpaired) electrons. The highest BCUT2D eigenvalue weighted by atomic mass is 79.9. The van der Waals surface area contributed by atoms with Gasteiger partial charge in [-0.25, -0.2) is 0 Å². The highest BCUT2D eigenvalue weighted by Gasteiger charge is 2.42. The summed E-state index contributed by atoms with van der Waals surface area (Å²) in [5.74, 6) is 0. The summed E-state index contributed by atoms with van der Waals surface area (Å²) in [7, 11) is 0. The van der Waals surface area contributed by atoms with E-state index in [2.05, 4.69) is 94.2 Å². The van der Waals surface area contributed by atoms with Crippen molar-refractivity contribution in [2.75, 3.05) is 0 Å². The third-order valence-corrected chi connectivity index (χ3v) is 10.3. The molecule has 1 aliphatic carbocycles. The number of benzene rings is 2. The van der Waals surface area contributed by atoms with Crippen LogP contribution in [0.4, 0.5) is 0 Å². The van der Waals surface area contributed by atoms with E-state index in [1.165, 1.54) is 120 Å². The van der Waals surface area contributed by atoms with Crippen molar-refractivity contribution in [1.82, 2.24) is 0 Å².